The molecule has 1 heterocycles. The third-order valence-corrected chi connectivity index (χ3v) is 3.32. The van der Waals surface area contributed by atoms with E-state index in [0.717, 1.165) is 38.9 Å². The second-order valence-corrected chi connectivity index (χ2v) is 5.34. The summed E-state index contributed by atoms with van der Waals surface area (Å²) in [4.78, 5) is 13.9. The molecule has 17 heavy (non-hydrogen) atoms. The quantitative estimate of drug-likeness (QED) is 0.789. The highest BCUT2D eigenvalue weighted by atomic mass is 16.2. The van der Waals surface area contributed by atoms with E-state index in [1.54, 1.807) is 0 Å². The molecular formula is C13H23N3O. The normalized spacial score (nSPS) is 21.4. The first-order valence-electron chi connectivity index (χ1n) is 6.43. The first-order chi connectivity index (χ1) is 8.00. The molecule has 1 N–H and O–H groups in total. The summed E-state index contributed by atoms with van der Waals surface area (Å²) in [6, 6.07) is 2.29. The molecule has 0 aromatic carbocycles. The molecule has 0 bridgehead atoms. The van der Waals surface area contributed by atoms with Crippen LogP contribution < -0.4 is 5.32 Å². The van der Waals surface area contributed by atoms with Gasteiger partial charge in [-0.3, -0.25) is 4.79 Å². The summed E-state index contributed by atoms with van der Waals surface area (Å²) in [6.45, 7) is 8.37. The van der Waals surface area contributed by atoms with E-state index in [2.05, 4.69) is 11.4 Å². The van der Waals surface area contributed by atoms with Crippen molar-refractivity contribution < 1.29 is 4.79 Å². The van der Waals surface area contributed by atoms with Crippen molar-refractivity contribution in [3.05, 3.63) is 0 Å². The van der Waals surface area contributed by atoms with Gasteiger partial charge in [0.05, 0.1) is 17.5 Å². The zero-order valence-corrected chi connectivity index (χ0v) is 11.1. The predicted octanol–water partition coefficient (Wildman–Crippen LogP) is 1.53. The molecular weight excluding hydrogens is 214 g/mol. The standard InChI is InChI=1S/C13H23N3O/c1-4-11-12(17)16(9-7-15-11)8-5-6-13(2,3)10-14/h11,15H,4-9H2,1-3H3. The molecule has 1 atom stereocenters. The summed E-state index contributed by atoms with van der Waals surface area (Å²) in [5.41, 5.74) is -0.277. The lowest BCUT2D eigenvalue weighted by atomic mass is 9.90. The number of hydrogen-bond acceptors (Lipinski definition) is 3. The fourth-order valence-corrected chi connectivity index (χ4v) is 2.10. The second-order valence-electron chi connectivity index (χ2n) is 5.34. The third-order valence-electron chi connectivity index (χ3n) is 3.32. The van der Waals surface area contributed by atoms with Crippen LogP contribution in [0.15, 0.2) is 0 Å². The van der Waals surface area contributed by atoms with E-state index in [1.807, 2.05) is 25.7 Å². The Labute approximate surface area is 104 Å². The van der Waals surface area contributed by atoms with Gasteiger partial charge in [0.2, 0.25) is 5.91 Å². The molecule has 4 nitrogen and oxygen atoms in total. The lowest BCUT2D eigenvalue weighted by Crippen LogP contribution is -2.54. The molecule has 96 valence electrons. The largest absolute Gasteiger partial charge is 0.340 e. The predicted molar refractivity (Wildman–Crippen MR) is 67.3 cm³/mol. The number of nitrogens with one attached hydrogen (secondary N) is 1. The van der Waals surface area contributed by atoms with E-state index in [1.165, 1.54) is 0 Å². The van der Waals surface area contributed by atoms with E-state index < -0.39 is 0 Å². The average Bonchev–Trinajstić information content (AvgIpc) is 2.31. The maximum absolute atomic E-state index is 12.0. The summed E-state index contributed by atoms with van der Waals surface area (Å²) in [5.74, 6) is 0.216. The second kappa shape index (κ2) is 6.02. The van der Waals surface area contributed by atoms with Gasteiger partial charge in [-0.2, -0.15) is 5.26 Å². The summed E-state index contributed by atoms with van der Waals surface area (Å²) >= 11 is 0. The molecule has 1 aliphatic rings. The van der Waals surface area contributed by atoms with E-state index in [9.17, 15) is 4.79 Å². The smallest absolute Gasteiger partial charge is 0.239 e. The maximum atomic E-state index is 12.0. The molecule has 0 aromatic heterocycles. The van der Waals surface area contributed by atoms with Gasteiger partial charge < -0.3 is 10.2 Å². The molecule has 1 rings (SSSR count). The van der Waals surface area contributed by atoms with Gasteiger partial charge in [-0.05, 0) is 33.1 Å². The number of piperazine rings is 1. The van der Waals surface area contributed by atoms with Crippen LogP contribution >= 0.6 is 0 Å². The van der Waals surface area contributed by atoms with Gasteiger partial charge in [-0.25, -0.2) is 0 Å². The van der Waals surface area contributed by atoms with Crippen LogP contribution in [0.4, 0.5) is 0 Å². The summed E-state index contributed by atoms with van der Waals surface area (Å²) < 4.78 is 0. The number of nitrogens with zero attached hydrogens (tertiary/aromatic N) is 2. The van der Waals surface area contributed by atoms with E-state index in [-0.39, 0.29) is 17.4 Å². The average molecular weight is 237 g/mol. The number of amides is 1. The third kappa shape index (κ3) is 4.01. The van der Waals surface area contributed by atoms with Crippen molar-refractivity contribution in [3.63, 3.8) is 0 Å². The van der Waals surface area contributed by atoms with Crippen molar-refractivity contribution in [1.29, 1.82) is 5.26 Å². The molecule has 1 aliphatic heterocycles. The molecule has 1 amide bonds. The van der Waals surface area contributed by atoms with Crippen LogP contribution in [0.5, 0.6) is 0 Å². The molecule has 0 spiro atoms. The number of nitriles is 1. The van der Waals surface area contributed by atoms with Crippen molar-refractivity contribution in [2.45, 2.75) is 46.1 Å². The molecule has 0 aromatic rings. The van der Waals surface area contributed by atoms with Crippen LogP contribution in [0.1, 0.15) is 40.0 Å². The van der Waals surface area contributed by atoms with Gasteiger partial charge in [-0.15, -0.1) is 0 Å². The highest BCUT2D eigenvalue weighted by Crippen LogP contribution is 2.21. The van der Waals surface area contributed by atoms with E-state index >= 15 is 0 Å². The summed E-state index contributed by atoms with van der Waals surface area (Å²) in [7, 11) is 0. The lowest BCUT2D eigenvalue weighted by Gasteiger charge is -2.33. The maximum Gasteiger partial charge on any atom is 0.239 e. The van der Waals surface area contributed by atoms with Crippen LogP contribution in [0.2, 0.25) is 0 Å². The van der Waals surface area contributed by atoms with Crippen LogP contribution in [-0.4, -0.2) is 36.5 Å². The Morgan fingerprint density at radius 2 is 2.29 bits per heavy atom. The van der Waals surface area contributed by atoms with Gasteiger partial charge in [-0.1, -0.05) is 6.92 Å². The SMILES string of the molecule is CCC1NCCN(CCCC(C)(C)C#N)C1=O. The Morgan fingerprint density at radius 3 is 2.88 bits per heavy atom. The molecule has 0 radical (unpaired) electrons. The van der Waals surface area contributed by atoms with Gasteiger partial charge in [0.1, 0.15) is 0 Å². The summed E-state index contributed by atoms with van der Waals surface area (Å²) in [6.07, 6.45) is 2.60. The fourth-order valence-electron chi connectivity index (χ4n) is 2.10. The highest BCUT2D eigenvalue weighted by molar-refractivity contribution is 5.82. The van der Waals surface area contributed by atoms with Gasteiger partial charge in [0.15, 0.2) is 0 Å². The zero-order valence-electron chi connectivity index (χ0n) is 11.1. The van der Waals surface area contributed by atoms with Crippen molar-refractivity contribution >= 4 is 5.91 Å². The molecule has 1 unspecified atom stereocenters. The van der Waals surface area contributed by atoms with Gasteiger partial charge in [0.25, 0.3) is 0 Å². The first kappa shape index (κ1) is 14.0. The van der Waals surface area contributed by atoms with Crippen LogP contribution in [0.3, 0.4) is 0 Å². The first-order valence-corrected chi connectivity index (χ1v) is 6.43. The number of carbonyl (C=O) groups is 1. The number of carbonyl (C=O) groups excluding carboxylic acids is 1. The van der Waals surface area contributed by atoms with E-state index in [4.69, 9.17) is 5.26 Å². The van der Waals surface area contributed by atoms with Gasteiger partial charge in [0, 0.05) is 19.6 Å². The van der Waals surface area contributed by atoms with Crippen molar-refractivity contribution in [2.75, 3.05) is 19.6 Å². The molecule has 0 saturated carbocycles. The Morgan fingerprint density at radius 1 is 1.59 bits per heavy atom. The minimum absolute atomic E-state index is 0.00673. The van der Waals surface area contributed by atoms with Crippen molar-refractivity contribution in [2.24, 2.45) is 5.41 Å². The Bertz CT molecular complexity index is 306. The topological polar surface area (TPSA) is 56.1 Å². The molecule has 0 aliphatic carbocycles. The van der Waals surface area contributed by atoms with Crippen molar-refractivity contribution in [1.82, 2.24) is 10.2 Å². The monoisotopic (exact) mass is 237 g/mol. The molecule has 1 fully saturated rings. The fraction of sp³-hybridized carbons (Fsp3) is 0.846. The number of rotatable bonds is 5. The van der Waals surface area contributed by atoms with Crippen LogP contribution in [-0.2, 0) is 4.79 Å². The van der Waals surface area contributed by atoms with E-state index in [0.29, 0.717) is 0 Å². The van der Waals surface area contributed by atoms with Crippen LogP contribution in [0, 0.1) is 16.7 Å². The highest BCUT2D eigenvalue weighted by Gasteiger charge is 2.26. The lowest BCUT2D eigenvalue weighted by molar-refractivity contribution is -0.135. The zero-order chi connectivity index (χ0) is 12.9. The molecule has 1 saturated heterocycles. The van der Waals surface area contributed by atoms with Gasteiger partial charge >= 0.3 is 0 Å². The molecule has 4 heteroatoms. The summed E-state index contributed by atoms with van der Waals surface area (Å²) in [5, 5.41) is 12.1. The Hall–Kier alpha value is -1.08. The Balaban J connectivity index is 2.37. The minimum atomic E-state index is -0.277. The minimum Gasteiger partial charge on any atom is -0.340 e. The Kier molecular flexibility index (Phi) is 4.95. The number of hydrogen-bond donors (Lipinski definition) is 1. The van der Waals surface area contributed by atoms with Crippen LogP contribution in [0.25, 0.3) is 0 Å². The van der Waals surface area contributed by atoms with Crippen molar-refractivity contribution in [3.8, 4) is 6.07 Å².